The van der Waals surface area contributed by atoms with Gasteiger partial charge in [-0.1, -0.05) is 6.07 Å². The van der Waals surface area contributed by atoms with E-state index in [0.29, 0.717) is 24.9 Å². The summed E-state index contributed by atoms with van der Waals surface area (Å²) in [6.07, 6.45) is 0. The van der Waals surface area contributed by atoms with Crippen molar-refractivity contribution in [3.8, 4) is 10.8 Å². The summed E-state index contributed by atoms with van der Waals surface area (Å²) >= 11 is 1.50. The second kappa shape index (κ2) is 9.11. The monoisotopic (exact) mass is 353 g/mol. The Morgan fingerprint density at radius 3 is 2.92 bits per heavy atom. The third kappa shape index (κ3) is 5.41. The number of amides is 3. The Bertz CT molecular complexity index is 658. The van der Waals surface area contributed by atoms with E-state index in [1.807, 2.05) is 17.5 Å². The van der Waals surface area contributed by atoms with E-state index in [9.17, 15) is 9.59 Å². The van der Waals surface area contributed by atoms with E-state index in [1.54, 1.807) is 12.0 Å². The number of ether oxygens (including phenoxy) is 1. The van der Waals surface area contributed by atoms with Crippen molar-refractivity contribution in [3.05, 3.63) is 23.4 Å². The SMILES string of the molecule is CNC(=O)NC(=O)CN(CCOC)Cc1nnc(-c2cccs2)o1. The zero-order valence-electron chi connectivity index (χ0n) is 13.4. The minimum absolute atomic E-state index is 0.00744. The van der Waals surface area contributed by atoms with Gasteiger partial charge in [-0.05, 0) is 11.4 Å². The number of methoxy groups -OCH3 is 1. The molecule has 9 nitrogen and oxygen atoms in total. The van der Waals surface area contributed by atoms with Gasteiger partial charge in [0.15, 0.2) is 0 Å². The third-order valence-electron chi connectivity index (χ3n) is 3.02. The fourth-order valence-corrected chi connectivity index (χ4v) is 2.52. The molecule has 10 heteroatoms. The normalized spacial score (nSPS) is 10.8. The molecule has 130 valence electrons. The first-order chi connectivity index (χ1) is 11.6. The number of rotatable bonds is 8. The number of hydrogen-bond acceptors (Lipinski definition) is 8. The van der Waals surface area contributed by atoms with E-state index in [1.165, 1.54) is 18.4 Å². The molecule has 0 unspecified atom stereocenters. The van der Waals surface area contributed by atoms with Crippen molar-refractivity contribution < 1.29 is 18.7 Å². The molecule has 0 radical (unpaired) electrons. The highest BCUT2D eigenvalue weighted by Crippen LogP contribution is 2.23. The largest absolute Gasteiger partial charge is 0.419 e. The molecule has 2 aromatic rings. The van der Waals surface area contributed by atoms with Crippen LogP contribution in [0.3, 0.4) is 0 Å². The van der Waals surface area contributed by atoms with Crippen molar-refractivity contribution in [1.29, 1.82) is 0 Å². The maximum atomic E-state index is 11.8. The zero-order chi connectivity index (χ0) is 17.4. The summed E-state index contributed by atoms with van der Waals surface area (Å²) in [4.78, 5) is 25.7. The van der Waals surface area contributed by atoms with Gasteiger partial charge in [0.05, 0.1) is 24.6 Å². The third-order valence-corrected chi connectivity index (χ3v) is 3.87. The van der Waals surface area contributed by atoms with E-state index >= 15 is 0 Å². The quantitative estimate of drug-likeness (QED) is 0.719. The Balaban J connectivity index is 1.97. The Labute approximate surface area is 143 Å². The van der Waals surface area contributed by atoms with Crippen molar-refractivity contribution >= 4 is 23.3 Å². The molecule has 2 rings (SSSR count). The molecule has 0 saturated carbocycles. The van der Waals surface area contributed by atoms with Gasteiger partial charge in [0, 0.05) is 20.7 Å². The molecule has 0 aliphatic rings. The van der Waals surface area contributed by atoms with Gasteiger partial charge in [-0.3, -0.25) is 15.0 Å². The van der Waals surface area contributed by atoms with Gasteiger partial charge in [-0.2, -0.15) is 0 Å². The van der Waals surface area contributed by atoms with E-state index in [-0.39, 0.29) is 13.1 Å². The second-order valence-corrected chi connectivity index (χ2v) is 5.76. The van der Waals surface area contributed by atoms with E-state index in [0.717, 1.165) is 4.88 Å². The molecule has 0 aliphatic carbocycles. The molecule has 0 saturated heterocycles. The lowest BCUT2D eigenvalue weighted by Gasteiger charge is -2.19. The molecule has 0 aromatic carbocycles. The lowest BCUT2D eigenvalue weighted by molar-refractivity contribution is -0.121. The number of urea groups is 1. The lowest BCUT2D eigenvalue weighted by atomic mass is 10.4. The van der Waals surface area contributed by atoms with E-state index in [4.69, 9.17) is 9.15 Å². The molecular weight excluding hydrogens is 334 g/mol. The summed E-state index contributed by atoms with van der Waals surface area (Å²) in [7, 11) is 3.01. The highest BCUT2D eigenvalue weighted by atomic mass is 32.1. The number of carbonyl (C=O) groups excluding carboxylic acids is 2. The number of nitrogens with one attached hydrogen (secondary N) is 2. The molecule has 0 atom stereocenters. The number of carbonyl (C=O) groups is 2. The van der Waals surface area contributed by atoms with Gasteiger partial charge in [0.1, 0.15) is 0 Å². The predicted octanol–water partition coefficient (Wildman–Crippen LogP) is 0.702. The first-order valence-electron chi connectivity index (χ1n) is 7.21. The topological polar surface area (TPSA) is 110 Å². The summed E-state index contributed by atoms with van der Waals surface area (Å²) in [6.45, 7) is 1.20. The summed E-state index contributed by atoms with van der Waals surface area (Å²) < 4.78 is 10.7. The Kier molecular flexibility index (Phi) is 6.85. The van der Waals surface area contributed by atoms with Crippen LogP contribution in [-0.2, 0) is 16.1 Å². The van der Waals surface area contributed by atoms with Crippen LogP contribution < -0.4 is 10.6 Å². The van der Waals surface area contributed by atoms with Crippen LogP contribution in [0.2, 0.25) is 0 Å². The van der Waals surface area contributed by atoms with Crippen molar-refractivity contribution in [2.75, 3.05) is 33.9 Å². The summed E-state index contributed by atoms with van der Waals surface area (Å²) in [5, 5.41) is 14.5. The first kappa shape index (κ1) is 18.0. The molecule has 0 spiro atoms. The van der Waals surface area contributed by atoms with Crippen LogP contribution in [0.4, 0.5) is 4.79 Å². The second-order valence-electron chi connectivity index (χ2n) is 4.81. The molecular formula is C14H19N5O4S. The number of hydrogen-bond donors (Lipinski definition) is 2. The number of aromatic nitrogens is 2. The minimum Gasteiger partial charge on any atom is -0.419 e. The molecule has 24 heavy (non-hydrogen) atoms. The maximum Gasteiger partial charge on any atom is 0.321 e. The molecule has 3 amide bonds. The van der Waals surface area contributed by atoms with Crippen molar-refractivity contribution in [2.24, 2.45) is 0 Å². The Morgan fingerprint density at radius 1 is 1.42 bits per heavy atom. The average Bonchev–Trinajstić information content (AvgIpc) is 3.23. The van der Waals surface area contributed by atoms with Gasteiger partial charge in [0.25, 0.3) is 5.89 Å². The van der Waals surface area contributed by atoms with E-state index in [2.05, 4.69) is 20.8 Å². The van der Waals surface area contributed by atoms with Gasteiger partial charge >= 0.3 is 6.03 Å². The van der Waals surface area contributed by atoms with Crippen LogP contribution >= 0.6 is 11.3 Å². The molecule has 0 aliphatic heterocycles. The fourth-order valence-electron chi connectivity index (χ4n) is 1.87. The average molecular weight is 353 g/mol. The van der Waals surface area contributed by atoms with Crippen LogP contribution in [0.25, 0.3) is 10.8 Å². The van der Waals surface area contributed by atoms with E-state index < -0.39 is 11.9 Å². The zero-order valence-corrected chi connectivity index (χ0v) is 14.3. The molecule has 2 aromatic heterocycles. The molecule has 0 fully saturated rings. The van der Waals surface area contributed by atoms with Crippen LogP contribution in [-0.4, -0.2) is 60.9 Å². The van der Waals surface area contributed by atoms with Gasteiger partial charge in [0.2, 0.25) is 11.8 Å². The Hall–Kier alpha value is -2.30. The van der Waals surface area contributed by atoms with Crippen molar-refractivity contribution in [3.63, 3.8) is 0 Å². The fraction of sp³-hybridized carbons (Fsp3) is 0.429. The minimum atomic E-state index is -0.551. The molecule has 0 bridgehead atoms. The smallest absolute Gasteiger partial charge is 0.321 e. The maximum absolute atomic E-state index is 11.8. The van der Waals surface area contributed by atoms with Gasteiger partial charge < -0.3 is 14.5 Å². The van der Waals surface area contributed by atoms with Crippen molar-refractivity contribution in [2.45, 2.75) is 6.54 Å². The Morgan fingerprint density at radius 2 is 2.25 bits per heavy atom. The lowest BCUT2D eigenvalue weighted by Crippen LogP contribution is -2.44. The highest BCUT2D eigenvalue weighted by molar-refractivity contribution is 7.13. The summed E-state index contributed by atoms with van der Waals surface area (Å²) in [5.74, 6) is 0.409. The number of nitrogens with zero attached hydrogens (tertiary/aromatic N) is 3. The molecule has 2 heterocycles. The summed E-state index contributed by atoms with van der Waals surface area (Å²) in [5.41, 5.74) is 0. The molecule has 2 N–H and O–H groups in total. The van der Waals surface area contributed by atoms with Gasteiger partial charge in [-0.15, -0.1) is 21.5 Å². The number of thiophene rings is 1. The number of imide groups is 1. The van der Waals surface area contributed by atoms with Crippen molar-refractivity contribution in [1.82, 2.24) is 25.7 Å². The predicted molar refractivity (Wildman–Crippen MR) is 87.4 cm³/mol. The van der Waals surface area contributed by atoms with Crippen LogP contribution in [0.5, 0.6) is 0 Å². The van der Waals surface area contributed by atoms with Crippen LogP contribution in [0.15, 0.2) is 21.9 Å². The van der Waals surface area contributed by atoms with Gasteiger partial charge in [-0.25, -0.2) is 4.79 Å². The highest BCUT2D eigenvalue weighted by Gasteiger charge is 2.17. The first-order valence-corrected chi connectivity index (χ1v) is 8.09. The van der Waals surface area contributed by atoms with Crippen LogP contribution in [0, 0.1) is 0 Å². The van der Waals surface area contributed by atoms with Crippen LogP contribution in [0.1, 0.15) is 5.89 Å². The standard InChI is InChI=1S/C14H19N5O4S/c1-15-14(21)16-11(20)8-19(5-6-22-2)9-12-17-18-13(23-12)10-4-3-7-24-10/h3-4,7H,5-6,8-9H2,1-2H3,(H2,15,16,20,21). The summed E-state index contributed by atoms with van der Waals surface area (Å²) in [6, 6.07) is 3.24.